The molecule has 0 unspecified atom stereocenters. The van der Waals surface area contributed by atoms with Gasteiger partial charge in [0.1, 0.15) is 24.3 Å². The average Bonchev–Trinajstić information content (AvgIpc) is 3.42. The molecule has 0 fully saturated rings. The maximum Gasteiger partial charge on any atom is 0.242 e. The van der Waals surface area contributed by atoms with Crippen molar-refractivity contribution in [2.24, 2.45) is 0 Å². The zero-order valence-electron chi connectivity index (χ0n) is 16.7. The van der Waals surface area contributed by atoms with Crippen molar-refractivity contribution in [3.63, 3.8) is 0 Å². The van der Waals surface area contributed by atoms with E-state index in [1.165, 1.54) is 12.4 Å². The third kappa shape index (κ3) is 3.39. The quantitative estimate of drug-likeness (QED) is 0.420. The van der Waals surface area contributed by atoms with Gasteiger partial charge in [-0.15, -0.1) is 10.2 Å². The average molecular weight is 415 g/mol. The molecule has 0 atom stereocenters. The Kier molecular flexibility index (Phi) is 4.83. The van der Waals surface area contributed by atoms with Gasteiger partial charge in [0, 0.05) is 6.54 Å². The Balaban J connectivity index is 1.67. The number of aromatic nitrogens is 7. The Bertz CT molecular complexity index is 1350. The van der Waals surface area contributed by atoms with Crippen LogP contribution in [0, 0.1) is 5.82 Å². The fourth-order valence-electron chi connectivity index (χ4n) is 3.46. The molecule has 0 aliphatic rings. The molecule has 0 aliphatic heterocycles. The first-order valence-electron chi connectivity index (χ1n) is 9.80. The van der Waals surface area contributed by atoms with Gasteiger partial charge in [0.2, 0.25) is 5.88 Å². The van der Waals surface area contributed by atoms with Crippen molar-refractivity contribution in [1.82, 2.24) is 34.6 Å². The summed E-state index contributed by atoms with van der Waals surface area (Å²) < 4.78 is 23.9. The van der Waals surface area contributed by atoms with E-state index < -0.39 is 5.82 Å². The summed E-state index contributed by atoms with van der Waals surface area (Å²) in [6.07, 6.45) is 3.09. The molecule has 3 aromatic heterocycles. The van der Waals surface area contributed by atoms with E-state index in [9.17, 15) is 4.39 Å². The van der Waals surface area contributed by atoms with Gasteiger partial charge in [0.25, 0.3) is 0 Å². The summed E-state index contributed by atoms with van der Waals surface area (Å²) in [5.74, 6) is 0.951. The summed E-state index contributed by atoms with van der Waals surface area (Å²) in [5, 5.41) is 17.1. The zero-order valence-corrected chi connectivity index (χ0v) is 16.7. The maximum atomic E-state index is 14.5. The zero-order chi connectivity index (χ0) is 21.2. The smallest absolute Gasteiger partial charge is 0.242 e. The molecule has 5 rings (SSSR count). The molecular formula is C22H18FN7O. The van der Waals surface area contributed by atoms with Crippen molar-refractivity contribution in [1.29, 1.82) is 0 Å². The Morgan fingerprint density at radius 1 is 1.03 bits per heavy atom. The molecule has 154 valence electrons. The SMILES string of the molecule is CCn1ncnc1COc1nn2c(-c3ccccc3F)nncc2c1-c1ccccc1. The number of ether oxygens (including phenoxy) is 1. The van der Waals surface area contributed by atoms with Gasteiger partial charge in [-0.3, -0.25) is 0 Å². The van der Waals surface area contributed by atoms with Gasteiger partial charge in [-0.1, -0.05) is 42.5 Å². The number of halogens is 1. The Morgan fingerprint density at radius 2 is 1.84 bits per heavy atom. The van der Waals surface area contributed by atoms with Crippen LogP contribution in [0.4, 0.5) is 4.39 Å². The lowest BCUT2D eigenvalue weighted by atomic mass is 10.1. The molecule has 9 heteroatoms. The lowest BCUT2D eigenvalue weighted by molar-refractivity contribution is 0.276. The van der Waals surface area contributed by atoms with E-state index in [0.29, 0.717) is 35.2 Å². The van der Waals surface area contributed by atoms with E-state index >= 15 is 0 Å². The fourth-order valence-corrected chi connectivity index (χ4v) is 3.46. The molecule has 2 aromatic carbocycles. The van der Waals surface area contributed by atoms with E-state index in [-0.39, 0.29) is 6.61 Å². The second-order valence-corrected chi connectivity index (χ2v) is 6.77. The predicted molar refractivity (Wildman–Crippen MR) is 112 cm³/mol. The van der Waals surface area contributed by atoms with Gasteiger partial charge in [0.15, 0.2) is 11.6 Å². The molecule has 0 aliphatic carbocycles. The molecule has 0 spiro atoms. The summed E-state index contributed by atoms with van der Waals surface area (Å²) in [4.78, 5) is 4.25. The van der Waals surface area contributed by atoms with E-state index in [2.05, 4.69) is 25.4 Å². The van der Waals surface area contributed by atoms with E-state index in [4.69, 9.17) is 4.74 Å². The first kappa shape index (κ1) is 18.9. The van der Waals surface area contributed by atoms with Crippen LogP contribution in [0.2, 0.25) is 0 Å². The van der Waals surface area contributed by atoms with Crippen LogP contribution in [0.15, 0.2) is 67.1 Å². The van der Waals surface area contributed by atoms with Crippen LogP contribution in [0.3, 0.4) is 0 Å². The van der Waals surface area contributed by atoms with Crippen LogP contribution in [-0.4, -0.2) is 34.6 Å². The largest absolute Gasteiger partial charge is 0.468 e. The highest BCUT2D eigenvalue weighted by atomic mass is 19.1. The summed E-state index contributed by atoms with van der Waals surface area (Å²) in [6, 6.07) is 16.1. The standard InChI is InChI=1S/C22H18FN7O/c1-2-29-19(24-14-26-29)13-31-22-20(15-8-4-3-5-9-15)18-12-25-27-21(30(18)28-22)16-10-6-7-11-17(16)23/h3-12,14H,2,13H2,1H3. The molecule has 31 heavy (non-hydrogen) atoms. The van der Waals surface area contributed by atoms with Crippen molar-refractivity contribution in [2.75, 3.05) is 0 Å². The van der Waals surface area contributed by atoms with Crippen molar-refractivity contribution in [3.05, 3.63) is 78.8 Å². The summed E-state index contributed by atoms with van der Waals surface area (Å²) in [5.41, 5.74) is 2.61. The molecule has 3 heterocycles. The fraction of sp³-hybridized carbons (Fsp3) is 0.136. The minimum Gasteiger partial charge on any atom is -0.468 e. The molecule has 8 nitrogen and oxygen atoms in total. The number of hydrogen-bond donors (Lipinski definition) is 0. The lowest BCUT2D eigenvalue weighted by Gasteiger charge is -2.06. The summed E-state index contributed by atoms with van der Waals surface area (Å²) in [7, 11) is 0. The molecule has 0 bridgehead atoms. The number of nitrogens with zero attached hydrogens (tertiary/aromatic N) is 7. The van der Waals surface area contributed by atoms with Crippen molar-refractivity contribution in [2.45, 2.75) is 20.1 Å². The van der Waals surface area contributed by atoms with E-state index in [1.54, 1.807) is 33.6 Å². The van der Waals surface area contributed by atoms with Crippen molar-refractivity contribution >= 4 is 5.52 Å². The molecule has 0 saturated heterocycles. The highest BCUT2D eigenvalue weighted by Gasteiger charge is 2.21. The van der Waals surface area contributed by atoms with Crippen LogP contribution < -0.4 is 4.74 Å². The van der Waals surface area contributed by atoms with Crippen LogP contribution in [-0.2, 0) is 13.2 Å². The van der Waals surface area contributed by atoms with Crippen LogP contribution in [0.25, 0.3) is 28.0 Å². The van der Waals surface area contributed by atoms with Gasteiger partial charge >= 0.3 is 0 Å². The second-order valence-electron chi connectivity index (χ2n) is 6.77. The third-order valence-corrected chi connectivity index (χ3v) is 4.93. The molecule has 5 aromatic rings. The minimum absolute atomic E-state index is 0.188. The van der Waals surface area contributed by atoms with Crippen molar-refractivity contribution in [3.8, 4) is 28.4 Å². The number of aryl methyl sites for hydroxylation is 1. The third-order valence-electron chi connectivity index (χ3n) is 4.93. The van der Waals surface area contributed by atoms with Gasteiger partial charge in [-0.2, -0.15) is 10.2 Å². The summed E-state index contributed by atoms with van der Waals surface area (Å²) in [6.45, 7) is 2.85. The van der Waals surface area contributed by atoms with Crippen LogP contribution in [0.5, 0.6) is 5.88 Å². The van der Waals surface area contributed by atoms with Gasteiger partial charge in [-0.05, 0) is 24.6 Å². The number of fused-ring (bicyclic) bond motifs is 1. The highest BCUT2D eigenvalue weighted by Crippen LogP contribution is 2.35. The Hall–Kier alpha value is -4.14. The Labute approximate surface area is 177 Å². The molecular weight excluding hydrogens is 397 g/mol. The van der Waals surface area contributed by atoms with Gasteiger partial charge < -0.3 is 4.74 Å². The van der Waals surface area contributed by atoms with Crippen LogP contribution in [0.1, 0.15) is 12.7 Å². The highest BCUT2D eigenvalue weighted by molar-refractivity contribution is 5.85. The van der Waals surface area contributed by atoms with E-state index in [1.807, 2.05) is 37.3 Å². The molecule has 0 saturated carbocycles. The first-order valence-corrected chi connectivity index (χ1v) is 9.80. The predicted octanol–water partition coefficient (Wildman–Crippen LogP) is 3.79. The normalized spacial score (nSPS) is 11.2. The van der Waals surface area contributed by atoms with Crippen molar-refractivity contribution < 1.29 is 9.13 Å². The molecule has 0 amide bonds. The molecule has 0 radical (unpaired) electrons. The van der Waals surface area contributed by atoms with E-state index in [0.717, 1.165) is 11.1 Å². The number of benzene rings is 2. The Morgan fingerprint density at radius 3 is 2.65 bits per heavy atom. The summed E-state index contributed by atoms with van der Waals surface area (Å²) >= 11 is 0. The number of hydrogen-bond acceptors (Lipinski definition) is 6. The number of rotatable bonds is 6. The molecule has 0 N–H and O–H groups in total. The lowest BCUT2D eigenvalue weighted by Crippen LogP contribution is -2.08. The minimum atomic E-state index is -0.403. The monoisotopic (exact) mass is 415 g/mol. The topological polar surface area (TPSA) is 83.0 Å². The second kappa shape index (κ2) is 7.94. The van der Waals surface area contributed by atoms with Crippen LogP contribution >= 0.6 is 0 Å². The maximum absolute atomic E-state index is 14.5. The van der Waals surface area contributed by atoms with Gasteiger partial charge in [-0.25, -0.2) is 18.6 Å². The van der Waals surface area contributed by atoms with Gasteiger partial charge in [0.05, 0.1) is 17.3 Å². The first-order chi connectivity index (χ1) is 15.3.